The molecule has 0 spiro atoms. The maximum atomic E-state index is 5.89. The van der Waals surface area contributed by atoms with Crippen molar-refractivity contribution in [3.8, 4) is 10.6 Å². The Hall–Kier alpha value is -1.06. The van der Waals surface area contributed by atoms with E-state index in [9.17, 15) is 0 Å². The zero-order chi connectivity index (χ0) is 10.7. The first kappa shape index (κ1) is 10.5. The molecule has 0 aliphatic rings. The molecule has 0 fully saturated rings. The molecule has 0 aliphatic heterocycles. The molecule has 15 heavy (non-hydrogen) atoms. The molecule has 0 radical (unpaired) electrons. The van der Waals surface area contributed by atoms with Crippen molar-refractivity contribution in [2.75, 3.05) is 11.9 Å². The molecule has 1 N–H and O–H groups in total. The van der Waals surface area contributed by atoms with Crippen LogP contribution in [-0.2, 0) is 0 Å². The van der Waals surface area contributed by atoms with E-state index in [1.807, 2.05) is 24.3 Å². The van der Waals surface area contributed by atoms with E-state index in [4.69, 9.17) is 11.6 Å². The van der Waals surface area contributed by atoms with Gasteiger partial charge in [-0.3, -0.25) is 4.98 Å². The molecule has 2 rings (SSSR count). The molecule has 2 aromatic rings. The molecule has 0 saturated heterocycles. The summed E-state index contributed by atoms with van der Waals surface area (Å²) in [5.74, 6) is 0. The van der Waals surface area contributed by atoms with E-state index in [0.717, 1.165) is 27.1 Å². The topological polar surface area (TPSA) is 24.9 Å². The smallest absolute Gasteiger partial charge is 0.0935 e. The van der Waals surface area contributed by atoms with Crippen molar-refractivity contribution in [1.82, 2.24) is 4.98 Å². The molecule has 0 aliphatic carbocycles. The highest BCUT2D eigenvalue weighted by Crippen LogP contribution is 2.30. The summed E-state index contributed by atoms with van der Waals surface area (Å²) in [7, 11) is 0. The third-order valence-electron chi connectivity index (χ3n) is 1.97. The molecule has 78 valence electrons. The van der Waals surface area contributed by atoms with Gasteiger partial charge in [-0.1, -0.05) is 11.6 Å². The fraction of sp³-hybridized carbons (Fsp3) is 0.182. The maximum Gasteiger partial charge on any atom is 0.0935 e. The average molecular weight is 239 g/mol. The maximum absolute atomic E-state index is 5.89. The highest BCUT2D eigenvalue weighted by Gasteiger charge is 2.03. The van der Waals surface area contributed by atoms with Crippen molar-refractivity contribution in [1.29, 1.82) is 0 Å². The number of halogens is 1. The van der Waals surface area contributed by atoms with Gasteiger partial charge in [0.05, 0.1) is 14.9 Å². The monoisotopic (exact) mass is 238 g/mol. The Labute approximate surface area is 97.9 Å². The van der Waals surface area contributed by atoms with Crippen LogP contribution in [0.2, 0.25) is 4.34 Å². The normalized spacial score (nSPS) is 10.3. The van der Waals surface area contributed by atoms with E-state index < -0.39 is 0 Å². The number of nitrogens with one attached hydrogen (secondary N) is 1. The number of nitrogens with zero attached hydrogens (tertiary/aromatic N) is 1. The average Bonchev–Trinajstić information content (AvgIpc) is 2.66. The SMILES string of the molecule is CCNc1ccnc(-c2ccc(Cl)s2)c1. The lowest BCUT2D eigenvalue weighted by Gasteiger charge is -2.03. The fourth-order valence-corrected chi connectivity index (χ4v) is 2.34. The molecular weight excluding hydrogens is 228 g/mol. The lowest BCUT2D eigenvalue weighted by molar-refractivity contribution is 1.20. The summed E-state index contributed by atoms with van der Waals surface area (Å²) in [5.41, 5.74) is 2.05. The third kappa shape index (κ3) is 2.49. The first-order valence-electron chi connectivity index (χ1n) is 4.75. The van der Waals surface area contributed by atoms with Crippen LogP contribution in [0, 0.1) is 0 Å². The van der Waals surface area contributed by atoms with Gasteiger partial charge in [0.15, 0.2) is 0 Å². The fourth-order valence-electron chi connectivity index (χ4n) is 1.33. The molecular formula is C11H11ClN2S. The van der Waals surface area contributed by atoms with Crippen molar-refractivity contribution < 1.29 is 0 Å². The van der Waals surface area contributed by atoms with E-state index in [0.29, 0.717) is 0 Å². The second-order valence-electron chi connectivity index (χ2n) is 3.06. The van der Waals surface area contributed by atoms with Gasteiger partial charge in [-0.2, -0.15) is 0 Å². The Morgan fingerprint density at radius 1 is 1.40 bits per heavy atom. The zero-order valence-corrected chi connectivity index (χ0v) is 9.90. The molecule has 0 saturated carbocycles. The summed E-state index contributed by atoms with van der Waals surface area (Å²) in [6.45, 7) is 2.98. The van der Waals surface area contributed by atoms with Gasteiger partial charge in [0.2, 0.25) is 0 Å². The van der Waals surface area contributed by atoms with Gasteiger partial charge < -0.3 is 5.32 Å². The van der Waals surface area contributed by atoms with Gasteiger partial charge in [0.25, 0.3) is 0 Å². The molecule has 2 heterocycles. The van der Waals surface area contributed by atoms with Crippen LogP contribution in [0.4, 0.5) is 5.69 Å². The predicted octanol–water partition coefficient (Wildman–Crippen LogP) is 3.90. The second kappa shape index (κ2) is 4.64. The molecule has 2 nitrogen and oxygen atoms in total. The quantitative estimate of drug-likeness (QED) is 0.878. The van der Waals surface area contributed by atoms with Crippen LogP contribution in [0.25, 0.3) is 10.6 Å². The van der Waals surface area contributed by atoms with E-state index in [1.54, 1.807) is 17.5 Å². The van der Waals surface area contributed by atoms with Crippen LogP contribution in [0.3, 0.4) is 0 Å². The molecule has 0 amide bonds. The lowest BCUT2D eigenvalue weighted by atomic mass is 10.3. The predicted molar refractivity (Wildman–Crippen MR) is 66.7 cm³/mol. The molecule has 0 unspecified atom stereocenters. The van der Waals surface area contributed by atoms with Crippen molar-refractivity contribution >= 4 is 28.6 Å². The molecule has 0 bridgehead atoms. The Kier molecular flexibility index (Phi) is 3.23. The number of pyridine rings is 1. The standard InChI is InChI=1S/C11H11ClN2S/c1-2-13-8-5-6-14-9(7-8)10-3-4-11(12)15-10/h3-7H,2H2,1H3,(H,13,14). The summed E-state index contributed by atoms with van der Waals surface area (Å²) >= 11 is 7.43. The van der Waals surface area contributed by atoms with Crippen molar-refractivity contribution in [2.24, 2.45) is 0 Å². The molecule has 4 heteroatoms. The number of aromatic nitrogens is 1. The Bertz CT molecular complexity index is 453. The van der Waals surface area contributed by atoms with Gasteiger partial charge in [-0.05, 0) is 31.2 Å². The summed E-state index contributed by atoms with van der Waals surface area (Å²) in [5, 5.41) is 3.26. The summed E-state index contributed by atoms with van der Waals surface area (Å²) < 4.78 is 0.792. The van der Waals surface area contributed by atoms with Crippen LogP contribution in [0.1, 0.15) is 6.92 Å². The summed E-state index contributed by atoms with van der Waals surface area (Å²) in [4.78, 5) is 5.41. The van der Waals surface area contributed by atoms with Crippen LogP contribution in [0.15, 0.2) is 30.5 Å². The molecule has 0 aromatic carbocycles. The van der Waals surface area contributed by atoms with E-state index in [1.165, 1.54) is 0 Å². The third-order valence-corrected chi connectivity index (χ3v) is 3.22. The first-order valence-corrected chi connectivity index (χ1v) is 5.94. The van der Waals surface area contributed by atoms with E-state index in [2.05, 4.69) is 17.2 Å². The van der Waals surface area contributed by atoms with Crippen LogP contribution < -0.4 is 5.32 Å². The largest absolute Gasteiger partial charge is 0.385 e. The Morgan fingerprint density at radius 2 is 2.27 bits per heavy atom. The van der Waals surface area contributed by atoms with Crippen molar-refractivity contribution in [3.05, 3.63) is 34.8 Å². The van der Waals surface area contributed by atoms with E-state index >= 15 is 0 Å². The van der Waals surface area contributed by atoms with Crippen LogP contribution in [-0.4, -0.2) is 11.5 Å². The van der Waals surface area contributed by atoms with Crippen molar-refractivity contribution in [2.45, 2.75) is 6.92 Å². The Balaban J connectivity index is 2.32. The van der Waals surface area contributed by atoms with Crippen LogP contribution >= 0.6 is 22.9 Å². The molecule has 0 atom stereocenters. The number of thiophene rings is 1. The number of rotatable bonds is 3. The highest BCUT2D eigenvalue weighted by atomic mass is 35.5. The molecule has 2 aromatic heterocycles. The van der Waals surface area contributed by atoms with Gasteiger partial charge in [-0.15, -0.1) is 11.3 Å². The van der Waals surface area contributed by atoms with Gasteiger partial charge in [0.1, 0.15) is 0 Å². The van der Waals surface area contributed by atoms with Gasteiger partial charge in [0, 0.05) is 18.4 Å². The van der Waals surface area contributed by atoms with Crippen LogP contribution in [0.5, 0.6) is 0 Å². The number of anilines is 1. The van der Waals surface area contributed by atoms with E-state index in [-0.39, 0.29) is 0 Å². The lowest BCUT2D eigenvalue weighted by Crippen LogP contribution is -1.96. The Morgan fingerprint density at radius 3 is 2.93 bits per heavy atom. The summed E-state index contributed by atoms with van der Waals surface area (Å²) in [6.07, 6.45) is 1.81. The van der Waals surface area contributed by atoms with Gasteiger partial charge >= 0.3 is 0 Å². The number of hydrogen-bond donors (Lipinski definition) is 1. The van der Waals surface area contributed by atoms with Crippen molar-refractivity contribution in [3.63, 3.8) is 0 Å². The zero-order valence-electron chi connectivity index (χ0n) is 8.33. The first-order chi connectivity index (χ1) is 7.29. The summed E-state index contributed by atoms with van der Waals surface area (Å²) in [6, 6.07) is 7.88. The minimum Gasteiger partial charge on any atom is -0.385 e. The minimum absolute atomic E-state index is 0.792. The van der Waals surface area contributed by atoms with Gasteiger partial charge in [-0.25, -0.2) is 0 Å². The minimum atomic E-state index is 0.792. The number of hydrogen-bond acceptors (Lipinski definition) is 3. The highest BCUT2D eigenvalue weighted by molar-refractivity contribution is 7.19. The second-order valence-corrected chi connectivity index (χ2v) is 4.78.